The largest absolute Gasteiger partial charge is 0.323 e. The Morgan fingerprint density at radius 2 is 1.74 bits per heavy atom. The molecule has 2 N–H and O–H groups in total. The van der Waals surface area contributed by atoms with Crippen molar-refractivity contribution in [3.8, 4) is 0 Å². The third-order valence-corrected chi connectivity index (χ3v) is 4.83. The van der Waals surface area contributed by atoms with Gasteiger partial charge in [-0.2, -0.15) is 0 Å². The van der Waals surface area contributed by atoms with Crippen LogP contribution in [0.3, 0.4) is 0 Å². The van der Waals surface area contributed by atoms with Crippen molar-refractivity contribution in [3.63, 3.8) is 0 Å². The number of hydrogen-bond acceptors (Lipinski definition) is 2. The molecule has 0 bridgehead atoms. The first-order chi connectivity index (χ1) is 9.08. The van der Waals surface area contributed by atoms with Crippen LogP contribution in [0.4, 0.5) is 0 Å². The van der Waals surface area contributed by atoms with Gasteiger partial charge in [0.1, 0.15) is 0 Å². The Balaban J connectivity index is 2.07. The molecule has 100 valence electrons. The van der Waals surface area contributed by atoms with Gasteiger partial charge in [-0.15, -0.1) is 11.8 Å². The van der Waals surface area contributed by atoms with E-state index in [1.807, 2.05) is 30.3 Å². The average molecular weight is 333 g/mol. The number of thioether (sulfide) groups is 1. The SMILES string of the molecule is NC(CSc1ccccc1Cl)c1cc(Cl)ccc1Cl. The van der Waals surface area contributed by atoms with Gasteiger partial charge in [-0.05, 0) is 35.9 Å². The smallest absolute Gasteiger partial charge is 0.0541 e. The molecule has 2 aromatic rings. The highest BCUT2D eigenvalue weighted by molar-refractivity contribution is 7.99. The van der Waals surface area contributed by atoms with Crippen LogP contribution in [0.25, 0.3) is 0 Å². The summed E-state index contributed by atoms with van der Waals surface area (Å²) >= 11 is 19.8. The Labute approximate surface area is 132 Å². The Hall–Kier alpha value is -0.380. The van der Waals surface area contributed by atoms with E-state index in [9.17, 15) is 0 Å². The molecule has 1 unspecified atom stereocenters. The lowest BCUT2D eigenvalue weighted by atomic mass is 10.1. The van der Waals surface area contributed by atoms with Crippen molar-refractivity contribution in [1.82, 2.24) is 0 Å². The summed E-state index contributed by atoms with van der Waals surface area (Å²) in [5, 5.41) is 2.01. The molecule has 2 aromatic carbocycles. The van der Waals surface area contributed by atoms with Gasteiger partial charge in [0.25, 0.3) is 0 Å². The molecule has 0 saturated heterocycles. The summed E-state index contributed by atoms with van der Waals surface area (Å²) in [6, 6.07) is 12.8. The van der Waals surface area contributed by atoms with E-state index in [1.54, 1.807) is 23.9 Å². The first-order valence-electron chi connectivity index (χ1n) is 5.66. The van der Waals surface area contributed by atoms with Crippen molar-refractivity contribution in [2.75, 3.05) is 5.75 Å². The summed E-state index contributed by atoms with van der Waals surface area (Å²) in [5.74, 6) is 0.684. The van der Waals surface area contributed by atoms with E-state index in [1.165, 1.54) is 0 Å². The van der Waals surface area contributed by atoms with E-state index in [0.29, 0.717) is 15.8 Å². The van der Waals surface area contributed by atoms with Crippen molar-refractivity contribution >= 4 is 46.6 Å². The summed E-state index contributed by atoms with van der Waals surface area (Å²) in [7, 11) is 0. The molecule has 0 aliphatic carbocycles. The first kappa shape index (κ1) is 15.0. The minimum absolute atomic E-state index is 0.188. The summed E-state index contributed by atoms with van der Waals surface area (Å²) in [6.45, 7) is 0. The average Bonchev–Trinajstić information content (AvgIpc) is 2.40. The fourth-order valence-corrected chi connectivity index (χ4v) is 3.29. The number of rotatable bonds is 4. The van der Waals surface area contributed by atoms with Gasteiger partial charge in [0, 0.05) is 26.7 Å². The Bertz CT molecular complexity index is 574. The summed E-state index contributed by atoms with van der Waals surface area (Å²) in [5.41, 5.74) is 7.01. The van der Waals surface area contributed by atoms with Gasteiger partial charge in [0.15, 0.2) is 0 Å². The second-order valence-electron chi connectivity index (χ2n) is 4.01. The predicted molar refractivity (Wildman–Crippen MR) is 85.6 cm³/mol. The van der Waals surface area contributed by atoms with Crippen molar-refractivity contribution in [1.29, 1.82) is 0 Å². The zero-order valence-corrected chi connectivity index (χ0v) is 13.0. The molecule has 0 aromatic heterocycles. The maximum Gasteiger partial charge on any atom is 0.0541 e. The van der Waals surface area contributed by atoms with Crippen LogP contribution < -0.4 is 5.73 Å². The van der Waals surface area contributed by atoms with Crippen LogP contribution in [-0.2, 0) is 0 Å². The minimum atomic E-state index is -0.188. The van der Waals surface area contributed by atoms with E-state index < -0.39 is 0 Å². The number of nitrogens with two attached hydrogens (primary N) is 1. The lowest BCUT2D eigenvalue weighted by Gasteiger charge is -2.14. The molecule has 0 saturated carbocycles. The molecule has 0 fully saturated rings. The summed E-state index contributed by atoms with van der Waals surface area (Å²) < 4.78 is 0. The Kier molecular flexibility index (Phi) is 5.43. The molecule has 0 aliphatic rings. The van der Waals surface area contributed by atoms with Gasteiger partial charge < -0.3 is 5.73 Å². The van der Waals surface area contributed by atoms with Crippen molar-refractivity contribution in [2.45, 2.75) is 10.9 Å². The second-order valence-corrected chi connectivity index (χ2v) is 6.33. The van der Waals surface area contributed by atoms with Crippen LogP contribution in [0.2, 0.25) is 15.1 Å². The molecule has 5 heteroatoms. The molecule has 0 spiro atoms. The van der Waals surface area contributed by atoms with Crippen LogP contribution >= 0.6 is 46.6 Å². The van der Waals surface area contributed by atoms with Crippen molar-refractivity contribution < 1.29 is 0 Å². The maximum absolute atomic E-state index is 6.16. The number of hydrogen-bond donors (Lipinski definition) is 1. The van der Waals surface area contributed by atoms with Gasteiger partial charge in [-0.1, -0.05) is 46.9 Å². The van der Waals surface area contributed by atoms with Crippen LogP contribution in [0.5, 0.6) is 0 Å². The molecule has 1 atom stereocenters. The zero-order chi connectivity index (χ0) is 13.8. The van der Waals surface area contributed by atoms with E-state index in [-0.39, 0.29) is 6.04 Å². The first-order valence-corrected chi connectivity index (χ1v) is 7.77. The molecule has 0 heterocycles. The van der Waals surface area contributed by atoms with Crippen LogP contribution in [-0.4, -0.2) is 5.75 Å². The monoisotopic (exact) mass is 331 g/mol. The highest BCUT2D eigenvalue weighted by atomic mass is 35.5. The quantitative estimate of drug-likeness (QED) is 0.754. The molecule has 0 radical (unpaired) electrons. The van der Waals surface area contributed by atoms with Crippen LogP contribution in [0.15, 0.2) is 47.4 Å². The van der Waals surface area contributed by atoms with Crippen molar-refractivity contribution in [3.05, 3.63) is 63.1 Å². The fourth-order valence-electron chi connectivity index (χ4n) is 1.63. The predicted octanol–water partition coefficient (Wildman–Crippen LogP) is 5.44. The molecule has 0 aliphatic heterocycles. The molecule has 1 nitrogen and oxygen atoms in total. The topological polar surface area (TPSA) is 26.0 Å². The highest BCUT2D eigenvalue weighted by Gasteiger charge is 2.12. The summed E-state index contributed by atoms with van der Waals surface area (Å²) in [4.78, 5) is 1.01. The Morgan fingerprint density at radius 1 is 1.00 bits per heavy atom. The van der Waals surface area contributed by atoms with E-state index >= 15 is 0 Å². The molecular weight excluding hydrogens is 321 g/mol. The molecule has 0 amide bonds. The lowest BCUT2D eigenvalue weighted by molar-refractivity contribution is 0.831. The van der Waals surface area contributed by atoms with Crippen molar-refractivity contribution in [2.24, 2.45) is 5.73 Å². The van der Waals surface area contributed by atoms with Crippen LogP contribution in [0.1, 0.15) is 11.6 Å². The minimum Gasteiger partial charge on any atom is -0.323 e. The highest BCUT2D eigenvalue weighted by Crippen LogP contribution is 2.32. The van der Waals surface area contributed by atoms with E-state index in [2.05, 4.69) is 0 Å². The van der Waals surface area contributed by atoms with Gasteiger partial charge in [-0.25, -0.2) is 0 Å². The lowest BCUT2D eigenvalue weighted by Crippen LogP contribution is -2.13. The zero-order valence-electron chi connectivity index (χ0n) is 9.95. The third-order valence-electron chi connectivity index (χ3n) is 2.61. The van der Waals surface area contributed by atoms with E-state index in [0.717, 1.165) is 15.5 Å². The number of benzene rings is 2. The van der Waals surface area contributed by atoms with Crippen LogP contribution in [0, 0.1) is 0 Å². The second kappa shape index (κ2) is 6.87. The molecule has 2 rings (SSSR count). The Morgan fingerprint density at radius 3 is 2.47 bits per heavy atom. The van der Waals surface area contributed by atoms with E-state index in [4.69, 9.17) is 40.5 Å². The maximum atomic E-state index is 6.16. The fraction of sp³-hybridized carbons (Fsp3) is 0.143. The van der Waals surface area contributed by atoms with Gasteiger partial charge >= 0.3 is 0 Å². The third kappa shape index (κ3) is 4.04. The van der Waals surface area contributed by atoms with Gasteiger partial charge in [0.05, 0.1) is 5.02 Å². The normalized spacial score (nSPS) is 12.4. The van der Waals surface area contributed by atoms with Gasteiger partial charge in [-0.3, -0.25) is 0 Å². The molecular formula is C14H12Cl3NS. The summed E-state index contributed by atoms with van der Waals surface area (Å²) in [6.07, 6.45) is 0. The molecule has 19 heavy (non-hydrogen) atoms. The number of halogens is 3. The van der Waals surface area contributed by atoms with Gasteiger partial charge in [0.2, 0.25) is 0 Å². The standard InChI is InChI=1S/C14H12Cl3NS/c15-9-5-6-11(16)10(7-9)13(18)8-19-14-4-2-1-3-12(14)17/h1-7,13H,8,18H2.